The van der Waals surface area contributed by atoms with E-state index < -0.39 is 0 Å². The Balaban J connectivity index is 1.81. The highest BCUT2D eigenvalue weighted by molar-refractivity contribution is 5.64. The van der Waals surface area contributed by atoms with Crippen molar-refractivity contribution in [2.75, 3.05) is 13.1 Å². The molecule has 1 fully saturated rings. The second kappa shape index (κ2) is 8.14. The molecule has 2 nitrogen and oxygen atoms in total. The van der Waals surface area contributed by atoms with E-state index >= 15 is 0 Å². The number of hydrogen-bond donors (Lipinski definition) is 0. The summed E-state index contributed by atoms with van der Waals surface area (Å²) in [7, 11) is 0. The summed E-state index contributed by atoms with van der Waals surface area (Å²) in [4.78, 5) is 7.23. The minimum absolute atomic E-state index is 0.543. The summed E-state index contributed by atoms with van der Waals surface area (Å²) in [6, 6.07) is 9.21. The molecule has 0 amide bonds. The Morgan fingerprint density at radius 3 is 2.76 bits per heavy atom. The fraction of sp³-hybridized carbons (Fsp3) is 0.526. The van der Waals surface area contributed by atoms with Gasteiger partial charge in [-0.25, -0.2) is 0 Å². The van der Waals surface area contributed by atoms with E-state index in [2.05, 4.69) is 67.2 Å². The molecule has 21 heavy (non-hydrogen) atoms. The van der Waals surface area contributed by atoms with Crippen LogP contribution in [0, 0.1) is 6.92 Å². The van der Waals surface area contributed by atoms with Crippen LogP contribution in [-0.2, 0) is 6.54 Å². The van der Waals surface area contributed by atoms with Crippen LogP contribution in [0.3, 0.4) is 0 Å². The average molecular weight is 284 g/mol. The van der Waals surface area contributed by atoms with Crippen molar-refractivity contribution in [1.82, 2.24) is 4.90 Å². The molecule has 1 aromatic rings. The standard InChI is InChI=1S/C19H28N2/c1-16(2)6-4-12-21-13-5-7-19(21)15-20-14-18-10-8-17(3)9-11-18/h6,8-11,15,19H,4-5,7,12-14H2,1-3H3. The Bertz CT molecular complexity index is 481. The highest BCUT2D eigenvalue weighted by atomic mass is 15.2. The third-order valence-corrected chi connectivity index (χ3v) is 4.06. The first-order valence-corrected chi connectivity index (χ1v) is 8.08. The third kappa shape index (κ3) is 5.47. The normalized spacial score (nSPS) is 19.3. The minimum Gasteiger partial charge on any atom is -0.295 e. The topological polar surface area (TPSA) is 15.6 Å². The van der Waals surface area contributed by atoms with E-state index in [1.54, 1.807) is 0 Å². The van der Waals surface area contributed by atoms with Crippen molar-refractivity contribution >= 4 is 6.21 Å². The molecule has 0 aromatic heterocycles. The SMILES string of the molecule is CC(C)=CCCN1CCCC1C=NCc1ccc(C)cc1. The maximum Gasteiger partial charge on any atom is 0.0636 e. The van der Waals surface area contributed by atoms with Crippen molar-refractivity contribution in [1.29, 1.82) is 0 Å². The molecule has 1 heterocycles. The Morgan fingerprint density at radius 1 is 1.29 bits per heavy atom. The van der Waals surface area contributed by atoms with Crippen molar-refractivity contribution in [2.45, 2.75) is 52.6 Å². The number of nitrogens with zero attached hydrogens (tertiary/aromatic N) is 2. The van der Waals surface area contributed by atoms with Crippen LogP contribution in [0.25, 0.3) is 0 Å². The predicted molar refractivity (Wildman–Crippen MR) is 92.0 cm³/mol. The highest BCUT2D eigenvalue weighted by Gasteiger charge is 2.21. The van der Waals surface area contributed by atoms with E-state index in [1.807, 2.05) is 0 Å². The van der Waals surface area contributed by atoms with Crippen LogP contribution in [0.1, 0.15) is 44.2 Å². The first-order chi connectivity index (χ1) is 10.1. The van der Waals surface area contributed by atoms with Crippen molar-refractivity contribution in [3.05, 3.63) is 47.0 Å². The predicted octanol–water partition coefficient (Wildman–Crippen LogP) is 4.39. The van der Waals surface area contributed by atoms with Crippen molar-refractivity contribution < 1.29 is 0 Å². The zero-order valence-corrected chi connectivity index (χ0v) is 13.7. The van der Waals surface area contributed by atoms with Gasteiger partial charge >= 0.3 is 0 Å². The van der Waals surface area contributed by atoms with E-state index in [1.165, 1.54) is 36.1 Å². The molecule has 0 N–H and O–H groups in total. The summed E-state index contributed by atoms with van der Waals surface area (Å²) >= 11 is 0. The van der Waals surface area contributed by atoms with E-state index in [4.69, 9.17) is 0 Å². The molecule has 1 aromatic carbocycles. The van der Waals surface area contributed by atoms with Gasteiger partial charge in [-0.1, -0.05) is 41.5 Å². The van der Waals surface area contributed by atoms with Crippen molar-refractivity contribution in [3.8, 4) is 0 Å². The molecule has 1 aliphatic heterocycles. The summed E-state index contributed by atoms with van der Waals surface area (Å²) < 4.78 is 0. The Hall–Kier alpha value is -1.41. The lowest BCUT2D eigenvalue weighted by Gasteiger charge is -2.20. The van der Waals surface area contributed by atoms with Gasteiger partial charge in [-0.15, -0.1) is 0 Å². The number of rotatable bonds is 6. The molecule has 1 aliphatic rings. The van der Waals surface area contributed by atoms with Crippen LogP contribution >= 0.6 is 0 Å². The summed E-state index contributed by atoms with van der Waals surface area (Å²) in [6.45, 7) is 9.65. The number of aryl methyl sites for hydroxylation is 1. The van der Waals surface area contributed by atoms with Crippen LogP contribution < -0.4 is 0 Å². The molecule has 0 aliphatic carbocycles. The van der Waals surface area contributed by atoms with Gasteiger partial charge in [0.15, 0.2) is 0 Å². The molecule has 114 valence electrons. The molecular weight excluding hydrogens is 256 g/mol. The first-order valence-electron chi connectivity index (χ1n) is 8.08. The number of benzene rings is 1. The second-order valence-electron chi connectivity index (χ2n) is 6.29. The van der Waals surface area contributed by atoms with Crippen molar-refractivity contribution in [3.63, 3.8) is 0 Å². The van der Waals surface area contributed by atoms with Crippen LogP contribution in [0.2, 0.25) is 0 Å². The van der Waals surface area contributed by atoms with E-state index in [-0.39, 0.29) is 0 Å². The lowest BCUT2D eigenvalue weighted by atomic mass is 10.1. The van der Waals surface area contributed by atoms with Crippen LogP contribution in [0.15, 0.2) is 40.9 Å². The van der Waals surface area contributed by atoms with Gasteiger partial charge in [0.1, 0.15) is 0 Å². The molecule has 0 bridgehead atoms. The lowest BCUT2D eigenvalue weighted by Crippen LogP contribution is -2.31. The van der Waals surface area contributed by atoms with Gasteiger partial charge in [0, 0.05) is 18.8 Å². The second-order valence-corrected chi connectivity index (χ2v) is 6.29. The smallest absolute Gasteiger partial charge is 0.0636 e. The summed E-state index contributed by atoms with van der Waals surface area (Å²) in [5.74, 6) is 0. The molecule has 0 radical (unpaired) electrons. The van der Waals surface area contributed by atoms with Gasteiger partial charge < -0.3 is 0 Å². The summed E-state index contributed by atoms with van der Waals surface area (Å²) in [5, 5.41) is 0. The number of aliphatic imine (C=N–C) groups is 1. The van der Waals surface area contributed by atoms with Gasteiger partial charge in [0.25, 0.3) is 0 Å². The molecule has 0 saturated carbocycles. The zero-order valence-electron chi connectivity index (χ0n) is 13.7. The monoisotopic (exact) mass is 284 g/mol. The Morgan fingerprint density at radius 2 is 2.05 bits per heavy atom. The molecule has 0 spiro atoms. The maximum absolute atomic E-state index is 4.66. The van der Waals surface area contributed by atoms with Gasteiger partial charge in [-0.05, 0) is 52.1 Å². The van der Waals surface area contributed by atoms with Crippen LogP contribution in [-0.4, -0.2) is 30.2 Å². The lowest BCUT2D eigenvalue weighted by molar-refractivity contribution is 0.311. The molecule has 2 heteroatoms. The number of allylic oxidation sites excluding steroid dienone is 1. The molecule has 1 unspecified atom stereocenters. The largest absolute Gasteiger partial charge is 0.295 e. The highest BCUT2D eigenvalue weighted by Crippen LogP contribution is 2.16. The van der Waals surface area contributed by atoms with Gasteiger partial charge in [0.2, 0.25) is 0 Å². The van der Waals surface area contributed by atoms with Crippen LogP contribution in [0.4, 0.5) is 0 Å². The first kappa shape index (κ1) is 16.0. The summed E-state index contributed by atoms with van der Waals surface area (Å²) in [6.07, 6.45) is 8.22. The molecular formula is C19H28N2. The third-order valence-electron chi connectivity index (χ3n) is 4.06. The fourth-order valence-electron chi connectivity index (χ4n) is 2.79. The Kier molecular flexibility index (Phi) is 6.19. The molecule has 2 rings (SSSR count). The van der Waals surface area contributed by atoms with Gasteiger partial charge in [-0.2, -0.15) is 0 Å². The quantitative estimate of drug-likeness (QED) is 0.559. The fourth-order valence-corrected chi connectivity index (χ4v) is 2.79. The van der Waals surface area contributed by atoms with E-state index in [9.17, 15) is 0 Å². The average Bonchev–Trinajstić information content (AvgIpc) is 2.88. The van der Waals surface area contributed by atoms with E-state index in [0.717, 1.165) is 19.5 Å². The number of hydrogen-bond acceptors (Lipinski definition) is 2. The Labute approximate surface area is 129 Å². The summed E-state index contributed by atoms with van der Waals surface area (Å²) in [5.41, 5.74) is 4.02. The van der Waals surface area contributed by atoms with E-state index in [0.29, 0.717) is 6.04 Å². The number of likely N-dealkylation sites (tertiary alicyclic amines) is 1. The molecule has 1 saturated heterocycles. The molecule has 1 atom stereocenters. The van der Waals surface area contributed by atoms with Crippen molar-refractivity contribution in [2.24, 2.45) is 4.99 Å². The zero-order chi connectivity index (χ0) is 15.1. The van der Waals surface area contributed by atoms with Gasteiger partial charge in [-0.3, -0.25) is 9.89 Å². The minimum atomic E-state index is 0.543. The van der Waals surface area contributed by atoms with Gasteiger partial charge in [0.05, 0.1) is 6.54 Å². The van der Waals surface area contributed by atoms with Crippen LogP contribution in [0.5, 0.6) is 0 Å². The maximum atomic E-state index is 4.66.